The minimum absolute atomic E-state index is 0.494. The lowest BCUT2D eigenvalue weighted by Gasteiger charge is -2.14. The summed E-state index contributed by atoms with van der Waals surface area (Å²) in [5.41, 5.74) is 2.10. The molecule has 3 nitrogen and oxygen atoms in total. The van der Waals surface area contributed by atoms with Gasteiger partial charge in [-0.25, -0.2) is 4.98 Å². The number of pyridine rings is 1. The minimum atomic E-state index is 0.494. The molecule has 0 N–H and O–H groups in total. The van der Waals surface area contributed by atoms with E-state index in [0.717, 1.165) is 39.9 Å². The first-order valence-electron chi connectivity index (χ1n) is 7.02. The van der Waals surface area contributed by atoms with Crippen LogP contribution in [0.4, 0.5) is 5.13 Å². The van der Waals surface area contributed by atoms with Gasteiger partial charge in [0.05, 0.1) is 9.72 Å². The van der Waals surface area contributed by atoms with Crippen molar-refractivity contribution in [1.29, 1.82) is 0 Å². The van der Waals surface area contributed by atoms with E-state index in [9.17, 15) is 0 Å². The van der Waals surface area contributed by atoms with Crippen LogP contribution in [0.2, 0.25) is 5.02 Å². The van der Waals surface area contributed by atoms with Crippen LogP contribution in [0.1, 0.15) is 18.0 Å². The Morgan fingerprint density at radius 1 is 1.19 bits per heavy atom. The van der Waals surface area contributed by atoms with Crippen molar-refractivity contribution in [2.75, 3.05) is 18.0 Å². The zero-order valence-electron chi connectivity index (χ0n) is 11.4. The highest BCUT2D eigenvalue weighted by molar-refractivity contribution is 7.22. The van der Waals surface area contributed by atoms with Crippen molar-refractivity contribution in [1.82, 2.24) is 9.97 Å². The van der Waals surface area contributed by atoms with Crippen molar-refractivity contribution in [3.63, 3.8) is 0 Å². The molecule has 0 radical (unpaired) electrons. The van der Waals surface area contributed by atoms with E-state index in [1.165, 1.54) is 5.69 Å². The lowest BCUT2D eigenvalue weighted by Crippen LogP contribution is -2.19. The molecule has 106 valence electrons. The molecule has 1 aliphatic rings. The summed E-state index contributed by atoms with van der Waals surface area (Å²) >= 11 is 7.93. The summed E-state index contributed by atoms with van der Waals surface area (Å²) in [6, 6.07) is 12.1. The Labute approximate surface area is 132 Å². The number of aromatic nitrogens is 2. The van der Waals surface area contributed by atoms with Crippen LogP contribution in [0.15, 0.2) is 42.6 Å². The van der Waals surface area contributed by atoms with E-state index in [1.54, 1.807) is 11.3 Å². The summed E-state index contributed by atoms with van der Waals surface area (Å²) in [6.45, 7) is 2.01. The number of benzene rings is 1. The largest absolute Gasteiger partial charge is 0.347 e. The van der Waals surface area contributed by atoms with Crippen LogP contribution in [0.3, 0.4) is 0 Å². The van der Waals surface area contributed by atoms with Crippen LogP contribution in [0, 0.1) is 0 Å². The molecule has 1 aliphatic heterocycles. The first kappa shape index (κ1) is 13.0. The zero-order valence-corrected chi connectivity index (χ0v) is 12.9. The third kappa shape index (κ3) is 2.39. The average molecular weight is 316 g/mol. The maximum atomic E-state index is 6.22. The first-order chi connectivity index (χ1) is 10.3. The van der Waals surface area contributed by atoms with Gasteiger partial charge in [-0.05, 0) is 30.7 Å². The number of anilines is 1. The summed E-state index contributed by atoms with van der Waals surface area (Å²) in [4.78, 5) is 11.5. The number of thiazole rings is 1. The highest BCUT2D eigenvalue weighted by Gasteiger charge is 2.26. The van der Waals surface area contributed by atoms with Crippen molar-refractivity contribution in [3.8, 4) is 0 Å². The summed E-state index contributed by atoms with van der Waals surface area (Å²) in [7, 11) is 0. The lowest BCUT2D eigenvalue weighted by molar-refractivity contribution is 0.744. The Morgan fingerprint density at radius 3 is 2.95 bits per heavy atom. The molecule has 0 spiro atoms. The number of rotatable bonds is 2. The van der Waals surface area contributed by atoms with Gasteiger partial charge in [0.2, 0.25) is 0 Å². The average Bonchev–Trinajstić information content (AvgIpc) is 3.15. The number of para-hydroxylation sites is 1. The molecule has 4 rings (SSSR count). The van der Waals surface area contributed by atoms with Gasteiger partial charge in [-0.2, -0.15) is 0 Å². The first-order valence-corrected chi connectivity index (χ1v) is 8.21. The van der Waals surface area contributed by atoms with Crippen LogP contribution < -0.4 is 4.90 Å². The maximum Gasteiger partial charge on any atom is 0.186 e. The van der Waals surface area contributed by atoms with Gasteiger partial charge >= 0.3 is 0 Å². The smallest absolute Gasteiger partial charge is 0.186 e. The summed E-state index contributed by atoms with van der Waals surface area (Å²) in [5.74, 6) is 0.494. The van der Waals surface area contributed by atoms with E-state index < -0.39 is 0 Å². The molecular weight excluding hydrogens is 302 g/mol. The number of fused-ring (bicyclic) bond motifs is 1. The Hall–Kier alpha value is -1.65. The van der Waals surface area contributed by atoms with E-state index in [0.29, 0.717) is 5.92 Å². The number of nitrogens with zero attached hydrogens (tertiary/aromatic N) is 3. The second kappa shape index (κ2) is 5.28. The van der Waals surface area contributed by atoms with E-state index in [2.05, 4.69) is 28.1 Å². The van der Waals surface area contributed by atoms with Gasteiger partial charge < -0.3 is 4.90 Å². The van der Waals surface area contributed by atoms with Crippen LogP contribution in [-0.4, -0.2) is 23.1 Å². The van der Waals surface area contributed by atoms with Crippen molar-refractivity contribution < 1.29 is 0 Å². The predicted molar refractivity (Wildman–Crippen MR) is 88.4 cm³/mol. The van der Waals surface area contributed by atoms with Crippen LogP contribution in [0.25, 0.3) is 10.2 Å². The van der Waals surface area contributed by atoms with Crippen molar-refractivity contribution in [3.05, 3.63) is 53.3 Å². The van der Waals surface area contributed by atoms with Gasteiger partial charge in [0.1, 0.15) is 5.52 Å². The van der Waals surface area contributed by atoms with Crippen molar-refractivity contribution in [2.24, 2.45) is 0 Å². The summed E-state index contributed by atoms with van der Waals surface area (Å²) in [6.07, 6.45) is 3.00. The summed E-state index contributed by atoms with van der Waals surface area (Å²) < 4.78 is 1.15. The maximum absolute atomic E-state index is 6.22. The van der Waals surface area contributed by atoms with E-state index in [1.807, 2.05) is 24.4 Å². The molecule has 2 aromatic heterocycles. The normalized spacial score (nSPS) is 18.5. The Bertz CT molecular complexity index is 772. The van der Waals surface area contributed by atoms with Gasteiger partial charge in [0.15, 0.2) is 5.13 Å². The highest BCUT2D eigenvalue weighted by atomic mass is 35.5. The van der Waals surface area contributed by atoms with Crippen molar-refractivity contribution in [2.45, 2.75) is 12.3 Å². The highest BCUT2D eigenvalue weighted by Crippen LogP contribution is 2.36. The van der Waals surface area contributed by atoms with Crippen LogP contribution in [0.5, 0.6) is 0 Å². The summed E-state index contributed by atoms with van der Waals surface area (Å²) in [5, 5.41) is 1.80. The third-order valence-corrected chi connectivity index (χ3v) is 5.31. The number of hydrogen-bond acceptors (Lipinski definition) is 4. The molecule has 0 saturated carbocycles. The minimum Gasteiger partial charge on any atom is -0.347 e. The second-order valence-corrected chi connectivity index (χ2v) is 6.69. The van der Waals surface area contributed by atoms with Crippen LogP contribution >= 0.6 is 22.9 Å². The fourth-order valence-corrected chi connectivity index (χ4v) is 4.13. The molecule has 1 aromatic carbocycles. The van der Waals surface area contributed by atoms with E-state index in [4.69, 9.17) is 16.6 Å². The van der Waals surface area contributed by atoms with Gasteiger partial charge in [0, 0.05) is 30.9 Å². The van der Waals surface area contributed by atoms with E-state index >= 15 is 0 Å². The Kier molecular flexibility index (Phi) is 3.28. The van der Waals surface area contributed by atoms with Crippen molar-refractivity contribution >= 4 is 38.3 Å². The van der Waals surface area contributed by atoms with Gasteiger partial charge in [-0.1, -0.05) is 35.1 Å². The number of halogens is 1. The molecule has 1 atom stereocenters. The number of hydrogen-bond donors (Lipinski definition) is 0. The Balaban J connectivity index is 1.61. The van der Waals surface area contributed by atoms with Gasteiger partial charge in [-0.15, -0.1) is 0 Å². The molecule has 1 unspecified atom stereocenters. The lowest BCUT2D eigenvalue weighted by atomic mass is 10.0. The monoisotopic (exact) mass is 315 g/mol. The fourth-order valence-electron chi connectivity index (χ4n) is 2.83. The van der Waals surface area contributed by atoms with Gasteiger partial charge in [-0.3, -0.25) is 4.98 Å². The molecule has 5 heteroatoms. The molecule has 3 aromatic rings. The molecule has 0 bridgehead atoms. The molecular formula is C16H14ClN3S. The van der Waals surface area contributed by atoms with Gasteiger partial charge in [0.25, 0.3) is 0 Å². The Morgan fingerprint density at radius 2 is 2.14 bits per heavy atom. The topological polar surface area (TPSA) is 29.0 Å². The molecule has 0 amide bonds. The molecule has 0 aliphatic carbocycles. The molecule has 21 heavy (non-hydrogen) atoms. The van der Waals surface area contributed by atoms with E-state index in [-0.39, 0.29) is 0 Å². The van der Waals surface area contributed by atoms with Crippen LogP contribution in [-0.2, 0) is 0 Å². The fraction of sp³-hybridized carbons (Fsp3) is 0.250. The predicted octanol–water partition coefficient (Wildman–Crippen LogP) is 4.34. The standard InChI is InChI=1S/C16H14ClN3S/c17-12-4-3-6-14-15(12)19-16(21-14)20-9-7-11(10-20)13-5-1-2-8-18-13/h1-6,8,11H,7,9-10H2. The molecule has 1 saturated heterocycles. The zero-order chi connectivity index (χ0) is 14.2. The molecule has 3 heterocycles. The quantitative estimate of drug-likeness (QED) is 0.704. The second-order valence-electron chi connectivity index (χ2n) is 5.27. The third-order valence-electron chi connectivity index (χ3n) is 3.92. The molecule has 1 fully saturated rings. The SMILES string of the molecule is Clc1cccc2sc(N3CCC(c4ccccn4)C3)nc12.